The van der Waals surface area contributed by atoms with E-state index in [0.29, 0.717) is 36.7 Å². The van der Waals surface area contributed by atoms with Crippen molar-refractivity contribution in [1.29, 1.82) is 0 Å². The average Bonchev–Trinajstić information content (AvgIpc) is 2.70. The molecule has 3 aliphatic rings. The summed E-state index contributed by atoms with van der Waals surface area (Å²) in [7, 11) is 0. The summed E-state index contributed by atoms with van der Waals surface area (Å²) in [6, 6.07) is 0. The molecule has 0 heterocycles. The number of oxime groups is 1. The van der Waals surface area contributed by atoms with E-state index in [9.17, 15) is 9.90 Å². The second-order valence-electron chi connectivity index (χ2n) is 10.4. The first-order valence-electron chi connectivity index (χ1n) is 11.9. The molecule has 0 saturated heterocycles. The minimum Gasteiger partial charge on any atom is -0.395 e. The topological polar surface area (TPSA) is 84.9 Å². The minimum atomic E-state index is -0.256. The Hall–Kier alpha value is -0.940. The van der Waals surface area contributed by atoms with Crippen LogP contribution < -0.4 is 5.73 Å². The molecule has 5 heteroatoms. The van der Waals surface area contributed by atoms with Gasteiger partial charge in [0.1, 0.15) is 12.4 Å². The number of rotatable bonds is 8. The van der Waals surface area contributed by atoms with Gasteiger partial charge in [-0.25, -0.2) is 0 Å². The van der Waals surface area contributed by atoms with Crippen LogP contribution in [0, 0.1) is 34.5 Å². The molecule has 2 unspecified atom stereocenters. The molecule has 0 aliphatic heterocycles. The molecule has 0 amide bonds. The number of carbonyl (C=O) groups excluding carboxylic acids is 1. The van der Waals surface area contributed by atoms with Crippen molar-refractivity contribution in [3.8, 4) is 0 Å². The Labute approximate surface area is 176 Å². The maximum Gasteiger partial charge on any atom is 0.142 e. The average molecular weight is 407 g/mol. The van der Waals surface area contributed by atoms with Crippen LogP contribution in [-0.4, -0.2) is 36.4 Å². The zero-order valence-corrected chi connectivity index (χ0v) is 18.7. The van der Waals surface area contributed by atoms with Crippen molar-refractivity contribution in [2.75, 3.05) is 13.2 Å². The second-order valence-corrected chi connectivity index (χ2v) is 10.4. The Morgan fingerprint density at radius 1 is 1.28 bits per heavy atom. The first-order chi connectivity index (χ1) is 13.9. The molecule has 166 valence electrons. The summed E-state index contributed by atoms with van der Waals surface area (Å²) in [5, 5.41) is 14.2. The number of nitrogens with two attached hydrogens (primary N) is 1. The van der Waals surface area contributed by atoms with Gasteiger partial charge in [0.25, 0.3) is 0 Å². The van der Waals surface area contributed by atoms with Crippen LogP contribution in [0.15, 0.2) is 5.16 Å². The number of hydrogen-bond acceptors (Lipinski definition) is 5. The van der Waals surface area contributed by atoms with Gasteiger partial charge in [0, 0.05) is 24.1 Å². The lowest BCUT2D eigenvalue weighted by Crippen LogP contribution is -2.56. The van der Waals surface area contributed by atoms with Gasteiger partial charge >= 0.3 is 0 Å². The highest BCUT2D eigenvalue weighted by atomic mass is 16.6. The van der Waals surface area contributed by atoms with Gasteiger partial charge in [-0.2, -0.15) is 0 Å². The number of ketones is 1. The fourth-order valence-electron chi connectivity index (χ4n) is 7.00. The molecule has 5 nitrogen and oxygen atoms in total. The van der Waals surface area contributed by atoms with Crippen molar-refractivity contribution in [2.45, 2.75) is 91.1 Å². The lowest BCUT2D eigenvalue weighted by atomic mass is 9.45. The van der Waals surface area contributed by atoms with Crippen LogP contribution in [-0.2, 0) is 9.63 Å². The van der Waals surface area contributed by atoms with Crippen molar-refractivity contribution in [1.82, 2.24) is 0 Å². The molecular weight excluding hydrogens is 364 g/mol. The van der Waals surface area contributed by atoms with Crippen LogP contribution in [0.2, 0.25) is 0 Å². The summed E-state index contributed by atoms with van der Waals surface area (Å²) < 4.78 is 0. The van der Waals surface area contributed by atoms with Gasteiger partial charge < -0.3 is 15.7 Å². The van der Waals surface area contributed by atoms with E-state index in [1.54, 1.807) is 0 Å². The SMILES string of the molecule is CCC[C@@H](C/C=N/OCCN)[C@@]1(C)CCC2C(CC[C@@H]3C[C@@H](O)CC[C@]23C)C1=O. The van der Waals surface area contributed by atoms with Crippen molar-refractivity contribution >= 4 is 12.0 Å². The Morgan fingerprint density at radius 3 is 2.79 bits per heavy atom. The van der Waals surface area contributed by atoms with Crippen molar-refractivity contribution < 1.29 is 14.7 Å². The molecule has 3 rings (SSSR count). The third kappa shape index (κ3) is 4.41. The Kier molecular flexibility index (Phi) is 7.42. The predicted molar refractivity (Wildman–Crippen MR) is 117 cm³/mol. The summed E-state index contributed by atoms with van der Waals surface area (Å²) in [5.41, 5.74) is 5.42. The first-order valence-corrected chi connectivity index (χ1v) is 11.9. The van der Waals surface area contributed by atoms with Gasteiger partial charge in [-0.05, 0) is 81.0 Å². The molecule has 3 saturated carbocycles. The number of nitrogens with zero attached hydrogens (tertiary/aromatic N) is 1. The van der Waals surface area contributed by atoms with Crippen molar-refractivity contribution in [2.24, 2.45) is 45.4 Å². The number of carbonyl (C=O) groups is 1. The van der Waals surface area contributed by atoms with Gasteiger partial charge in [-0.3, -0.25) is 4.79 Å². The Balaban J connectivity index is 1.73. The monoisotopic (exact) mass is 406 g/mol. The number of Topliss-reactive ketones (excluding diaryl/α,β-unsaturated/α-hetero) is 1. The summed E-state index contributed by atoms with van der Waals surface area (Å²) in [6.07, 6.45) is 11.8. The summed E-state index contributed by atoms with van der Waals surface area (Å²) in [6.45, 7) is 7.74. The van der Waals surface area contributed by atoms with Gasteiger partial charge in [0.05, 0.1) is 6.10 Å². The third-order valence-corrected chi connectivity index (χ3v) is 8.83. The number of aliphatic hydroxyl groups is 1. The maximum atomic E-state index is 13.9. The van der Waals surface area contributed by atoms with Gasteiger partial charge in [-0.15, -0.1) is 0 Å². The molecule has 0 aromatic heterocycles. The van der Waals surface area contributed by atoms with E-state index in [1.807, 2.05) is 6.21 Å². The van der Waals surface area contributed by atoms with Crippen LogP contribution >= 0.6 is 0 Å². The van der Waals surface area contributed by atoms with Gasteiger partial charge in [-0.1, -0.05) is 32.3 Å². The van der Waals surface area contributed by atoms with Crippen LogP contribution in [0.1, 0.15) is 85.0 Å². The van der Waals surface area contributed by atoms with Crippen LogP contribution in [0.25, 0.3) is 0 Å². The second kappa shape index (κ2) is 9.47. The van der Waals surface area contributed by atoms with Crippen LogP contribution in [0.4, 0.5) is 0 Å². The summed E-state index contributed by atoms with van der Waals surface area (Å²) >= 11 is 0. The zero-order chi connectivity index (χ0) is 21.1. The zero-order valence-electron chi connectivity index (χ0n) is 18.7. The van der Waals surface area contributed by atoms with Crippen molar-refractivity contribution in [3.63, 3.8) is 0 Å². The molecule has 3 fully saturated rings. The highest BCUT2D eigenvalue weighted by Crippen LogP contribution is 2.61. The number of hydrogen-bond donors (Lipinski definition) is 2. The molecule has 0 aromatic carbocycles. The fraction of sp³-hybridized carbons (Fsp3) is 0.917. The first kappa shape index (κ1) is 22.7. The molecule has 3 N–H and O–H groups in total. The molecular formula is C24H42N2O3. The van der Waals surface area contributed by atoms with Gasteiger partial charge in [0.2, 0.25) is 0 Å². The maximum absolute atomic E-state index is 13.9. The number of aliphatic hydroxyl groups excluding tert-OH is 1. The quantitative estimate of drug-likeness (QED) is 0.357. The molecule has 7 atom stereocenters. The van der Waals surface area contributed by atoms with E-state index in [-0.39, 0.29) is 22.9 Å². The smallest absolute Gasteiger partial charge is 0.142 e. The van der Waals surface area contributed by atoms with E-state index in [4.69, 9.17) is 10.6 Å². The number of fused-ring (bicyclic) bond motifs is 3. The molecule has 3 aliphatic carbocycles. The van der Waals surface area contributed by atoms with Crippen molar-refractivity contribution in [3.05, 3.63) is 0 Å². The van der Waals surface area contributed by atoms with Crippen LogP contribution in [0.3, 0.4) is 0 Å². The molecule has 0 aromatic rings. The van der Waals surface area contributed by atoms with Crippen LogP contribution in [0.5, 0.6) is 0 Å². The Morgan fingerprint density at radius 2 is 2.07 bits per heavy atom. The van der Waals surface area contributed by atoms with E-state index in [2.05, 4.69) is 25.9 Å². The largest absolute Gasteiger partial charge is 0.395 e. The molecule has 0 spiro atoms. The summed E-state index contributed by atoms with van der Waals surface area (Å²) in [5.74, 6) is 2.12. The summed E-state index contributed by atoms with van der Waals surface area (Å²) in [4.78, 5) is 19.0. The lowest BCUT2D eigenvalue weighted by molar-refractivity contribution is -0.157. The minimum absolute atomic E-state index is 0.135. The van der Waals surface area contributed by atoms with E-state index < -0.39 is 0 Å². The molecule has 0 bridgehead atoms. The normalized spacial score (nSPS) is 41.1. The Bertz CT molecular complexity index is 595. The standard InChI is InChI=1S/C24H42N2O3/c1-4-5-17(10-14-26-29-15-13-25)24(3)12-9-21-20(22(24)28)7-6-18-16-19(27)8-11-23(18,21)2/h14,17-21,27H,4-13,15-16,25H2,1-3H3/b26-14+/t17-,18+,19-,20?,21?,23-,24+/m0/s1. The fourth-order valence-corrected chi connectivity index (χ4v) is 7.00. The van der Waals surface area contributed by atoms with Gasteiger partial charge in [0.15, 0.2) is 0 Å². The molecule has 29 heavy (non-hydrogen) atoms. The lowest BCUT2D eigenvalue weighted by Gasteiger charge is -2.58. The highest BCUT2D eigenvalue weighted by molar-refractivity contribution is 5.88. The molecule has 0 radical (unpaired) electrons. The van der Waals surface area contributed by atoms with E-state index in [0.717, 1.165) is 64.2 Å². The van der Waals surface area contributed by atoms with E-state index >= 15 is 0 Å². The predicted octanol–water partition coefficient (Wildman–Crippen LogP) is 4.32. The highest BCUT2D eigenvalue weighted by Gasteiger charge is 2.57. The van der Waals surface area contributed by atoms with E-state index in [1.165, 1.54) is 0 Å². The third-order valence-electron chi connectivity index (χ3n) is 8.83.